The molecule has 1 aromatic carbocycles. The number of thioether (sulfide) groups is 1. The van der Waals surface area contributed by atoms with Gasteiger partial charge in [-0.3, -0.25) is 9.59 Å². The number of amides is 1. The smallest absolute Gasteiger partial charge is 0.316 e. The lowest BCUT2D eigenvalue weighted by Gasteiger charge is -2.17. The number of carbonyl (C=O) groups excluding carboxylic acids is 2. The van der Waals surface area contributed by atoms with E-state index < -0.39 is 0 Å². The number of carbonyl (C=O) groups is 2. The molecule has 0 fully saturated rings. The predicted molar refractivity (Wildman–Crippen MR) is 97.7 cm³/mol. The van der Waals surface area contributed by atoms with Crippen LogP contribution in [0.1, 0.15) is 31.9 Å². The Bertz CT molecular complexity index is 575. The van der Waals surface area contributed by atoms with E-state index in [1.807, 2.05) is 46.8 Å². The van der Waals surface area contributed by atoms with Gasteiger partial charge in [-0.25, -0.2) is 0 Å². The fraction of sp³-hybridized carbons (Fsp3) is 0.529. The second kappa shape index (κ2) is 9.33. The van der Waals surface area contributed by atoms with Crippen molar-refractivity contribution in [3.63, 3.8) is 0 Å². The molecule has 0 saturated carbocycles. The van der Waals surface area contributed by atoms with Gasteiger partial charge in [0.05, 0.1) is 5.75 Å². The molecular weight excluding hydrogens is 378 g/mol. The molecule has 0 heterocycles. The first kappa shape index (κ1) is 20.0. The van der Waals surface area contributed by atoms with E-state index in [4.69, 9.17) is 4.74 Å². The lowest BCUT2D eigenvalue weighted by molar-refractivity contribution is -0.146. The largest absolute Gasteiger partial charge is 0.455 e. The highest BCUT2D eigenvalue weighted by Gasteiger charge is 2.13. The number of nitrogens with one attached hydrogen (secondary N) is 1. The van der Waals surface area contributed by atoms with Crippen molar-refractivity contribution in [3.05, 3.63) is 27.7 Å². The molecule has 0 spiro atoms. The van der Waals surface area contributed by atoms with Crippen molar-refractivity contribution in [3.8, 4) is 0 Å². The number of benzene rings is 1. The number of ether oxygens (including phenoxy) is 1. The molecule has 1 unspecified atom stereocenters. The fourth-order valence-electron chi connectivity index (χ4n) is 1.70. The maximum Gasteiger partial charge on any atom is 0.316 e. The first-order chi connectivity index (χ1) is 10.7. The third kappa shape index (κ3) is 6.96. The topological polar surface area (TPSA) is 55.4 Å². The van der Waals surface area contributed by atoms with Gasteiger partial charge in [0.2, 0.25) is 0 Å². The van der Waals surface area contributed by atoms with Crippen molar-refractivity contribution >= 4 is 39.6 Å². The molecule has 0 aliphatic carbocycles. The highest BCUT2D eigenvalue weighted by molar-refractivity contribution is 9.10. The summed E-state index contributed by atoms with van der Waals surface area (Å²) in [5, 5.41) is 2.80. The zero-order valence-electron chi connectivity index (χ0n) is 14.2. The minimum Gasteiger partial charge on any atom is -0.455 e. The Morgan fingerprint density at radius 1 is 1.22 bits per heavy atom. The van der Waals surface area contributed by atoms with E-state index in [1.165, 1.54) is 11.8 Å². The van der Waals surface area contributed by atoms with Crippen molar-refractivity contribution in [2.75, 3.05) is 12.4 Å². The molecule has 128 valence electrons. The third-order valence-electron chi connectivity index (χ3n) is 3.55. The lowest BCUT2D eigenvalue weighted by Crippen LogP contribution is -2.38. The normalized spacial score (nSPS) is 12.1. The summed E-state index contributed by atoms with van der Waals surface area (Å²) in [4.78, 5) is 24.5. The number of rotatable bonds is 7. The van der Waals surface area contributed by atoms with Crippen molar-refractivity contribution in [2.45, 2.75) is 45.6 Å². The van der Waals surface area contributed by atoms with Crippen LogP contribution in [0.3, 0.4) is 0 Å². The molecule has 0 saturated heterocycles. The van der Waals surface area contributed by atoms with Gasteiger partial charge in [0.1, 0.15) is 0 Å². The summed E-state index contributed by atoms with van der Waals surface area (Å²) in [5.41, 5.74) is 2.22. The van der Waals surface area contributed by atoms with E-state index in [0.717, 1.165) is 20.5 Å². The SMILES string of the molecule is Cc1cc(SCC(=O)OCC(=O)NC(C)C(C)C)c(C)cc1Br. The summed E-state index contributed by atoms with van der Waals surface area (Å²) in [6, 6.07) is 4.13. The summed E-state index contributed by atoms with van der Waals surface area (Å²) >= 11 is 4.91. The molecule has 0 aliphatic heterocycles. The molecule has 1 N–H and O–H groups in total. The molecule has 1 aromatic rings. The second-order valence-corrected chi connectivity index (χ2v) is 7.79. The van der Waals surface area contributed by atoms with Crippen molar-refractivity contribution in [1.29, 1.82) is 0 Å². The maximum atomic E-state index is 11.8. The lowest BCUT2D eigenvalue weighted by atomic mass is 10.1. The molecule has 23 heavy (non-hydrogen) atoms. The number of halogens is 1. The van der Waals surface area contributed by atoms with Gasteiger partial charge in [0.15, 0.2) is 6.61 Å². The van der Waals surface area contributed by atoms with Crippen LogP contribution in [0, 0.1) is 19.8 Å². The zero-order chi connectivity index (χ0) is 17.6. The summed E-state index contributed by atoms with van der Waals surface area (Å²) in [6.45, 7) is 9.75. The van der Waals surface area contributed by atoms with Crippen LogP contribution in [0.5, 0.6) is 0 Å². The molecule has 1 amide bonds. The maximum absolute atomic E-state index is 11.8. The highest BCUT2D eigenvalue weighted by atomic mass is 79.9. The van der Waals surface area contributed by atoms with Gasteiger partial charge in [-0.05, 0) is 49.9 Å². The molecule has 0 aliphatic rings. The highest BCUT2D eigenvalue weighted by Crippen LogP contribution is 2.28. The number of hydrogen-bond acceptors (Lipinski definition) is 4. The van der Waals surface area contributed by atoms with Crippen LogP contribution in [-0.4, -0.2) is 30.3 Å². The van der Waals surface area contributed by atoms with Gasteiger partial charge < -0.3 is 10.1 Å². The average Bonchev–Trinajstić information content (AvgIpc) is 2.47. The van der Waals surface area contributed by atoms with Gasteiger partial charge in [-0.2, -0.15) is 0 Å². The Labute approximate surface area is 150 Å². The molecule has 4 nitrogen and oxygen atoms in total. The van der Waals surface area contributed by atoms with E-state index in [-0.39, 0.29) is 30.3 Å². The first-order valence-corrected chi connectivity index (χ1v) is 9.33. The van der Waals surface area contributed by atoms with Gasteiger partial charge in [0.25, 0.3) is 5.91 Å². The van der Waals surface area contributed by atoms with Gasteiger partial charge in [0, 0.05) is 15.4 Å². The molecule has 1 atom stereocenters. The summed E-state index contributed by atoms with van der Waals surface area (Å²) in [6.07, 6.45) is 0. The van der Waals surface area contributed by atoms with E-state index in [9.17, 15) is 9.59 Å². The van der Waals surface area contributed by atoms with Crippen LogP contribution in [-0.2, 0) is 14.3 Å². The predicted octanol–water partition coefficient (Wildman–Crippen LogP) is 3.86. The average molecular weight is 402 g/mol. The zero-order valence-corrected chi connectivity index (χ0v) is 16.6. The summed E-state index contributed by atoms with van der Waals surface area (Å²) in [5.74, 6) is -0.120. The Morgan fingerprint density at radius 2 is 1.87 bits per heavy atom. The minimum absolute atomic E-state index is 0.0592. The third-order valence-corrected chi connectivity index (χ3v) is 5.54. The van der Waals surface area contributed by atoms with E-state index in [0.29, 0.717) is 5.92 Å². The van der Waals surface area contributed by atoms with Gasteiger partial charge in [-0.15, -0.1) is 11.8 Å². The van der Waals surface area contributed by atoms with E-state index in [2.05, 4.69) is 21.2 Å². The van der Waals surface area contributed by atoms with Crippen molar-refractivity contribution in [1.82, 2.24) is 5.32 Å². The monoisotopic (exact) mass is 401 g/mol. The van der Waals surface area contributed by atoms with Gasteiger partial charge in [-0.1, -0.05) is 29.8 Å². The molecule has 0 radical (unpaired) electrons. The van der Waals surface area contributed by atoms with Crippen LogP contribution >= 0.6 is 27.7 Å². The number of esters is 1. The van der Waals surface area contributed by atoms with Crippen molar-refractivity contribution < 1.29 is 14.3 Å². The second-order valence-electron chi connectivity index (χ2n) is 5.92. The summed E-state index contributed by atoms with van der Waals surface area (Å²) in [7, 11) is 0. The molecule has 0 aromatic heterocycles. The van der Waals surface area contributed by atoms with E-state index >= 15 is 0 Å². The first-order valence-electron chi connectivity index (χ1n) is 7.55. The standard InChI is InChI=1S/C17H24BrNO3S/c1-10(2)13(5)19-16(20)8-22-17(21)9-23-15-7-11(3)14(18)6-12(15)4/h6-7,10,13H,8-9H2,1-5H3,(H,19,20). The fourth-order valence-corrected chi connectivity index (χ4v) is 3.06. The van der Waals surface area contributed by atoms with Crippen LogP contribution in [0.15, 0.2) is 21.5 Å². The quantitative estimate of drug-likeness (QED) is 0.556. The van der Waals surface area contributed by atoms with Crippen LogP contribution < -0.4 is 5.32 Å². The van der Waals surface area contributed by atoms with Crippen LogP contribution in [0.2, 0.25) is 0 Å². The molecule has 6 heteroatoms. The summed E-state index contributed by atoms with van der Waals surface area (Å²) < 4.78 is 6.07. The molecular formula is C17H24BrNO3S. The van der Waals surface area contributed by atoms with Crippen LogP contribution in [0.25, 0.3) is 0 Å². The minimum atomic E-state index is -0.387. The van der Waals surface area contributed by atoms with Gasteiger partial charge >= 0.3 is 5.97 Å². The molecule has 1 rings (SSSR count). The Morgan fingerprint density at radius 3 is 2.48 bits per heavy atom. The Hall–Kier alpha value is -1.01. The Balaban J connectivity index is 2.40. The van der Waals surface area contributed by atoms with Crippen LogP contribution in [0.4, 0.5) is 0 Å². The molecule has 0 bridgehead atoms. The number of aryl methyl sites for hydroxylation is 2. The van der Waals surface area contributed by atoms with Crippen molar-refractivity contribution in [2.24, 2.45) is 5.92 Å². The van der Waals surface area contributed by atoms with E-state index in [1.54, 1.807) is 0 Å². The number of hydrogen-bond donors (Lipinski definition) is 1. The Kier molecular flexibility index (Phi) is 8.12.